The normalized spacial score (nSPS) is 11.9. The van der Waals surface area contributed by atoms with Gasteiger partial charge in [0.15, 0.2) is 0 Å². The summed E-state index contributed by atoms with van der Waals surface area (Å²) in [5.41, 5.74) is 2.95. The molecule has 0 radical (unpaired) electrons. The summed E-state index contributed by atoms with van der Waals surface area (Å²) >= 11 is 0. The average Bonchev–Trinajstić information content (AvgIpc) is 3.05. The maximum atomic E-state index is 14.6. The van der Waals surface area contributed by atoms with Crippen LogP contribution in [0.15, 0.2) is 114 Å². The monoisotopic (exact) mass is 641 g/mol. The fourth-order valence-corrected chi connectivity index (χ4v) is 6.60. The predicted molar refractivity (Wildman–Crippen MR) is 182 cm³/mol. The van der Waals surface area contributed by atoms with E-state index in [0.29, 0.717) is 18.9 Å². The Morgan fingerprint density at radius 3 is 2.11 bits per heavy atom. The number of aryl methyl sites for hydroxylation is 1. The Hall–Kier alpha value is -4.63. The van der Waals surface area contributed by atoms with Gasteiger partial charge < -0.3 is 15.0 Å². The van der Waals surface area contributed by atoms with Gasteiger partial charge in [-0.3, -0.25) is 13.9 Å². The van der Waals surface area contributed by atoms with E-state index in [1.807, 2.05) is 82.3 Å². The lowest BCUT2D eigenvalue weighted by atomic mass is 10.0. The van der Waals surface area contributed by atoms with Crippen LogP contribution < -0.4 is 14.4 Å². The molecule has 0 bridgehead atoms. The van der Waals surface area contributed by atoms with Gasteiger partial charge >= 0.3 is 0 Å². The standard InChI is InChI=1S/C37H43N3O5S/c1-5-45-35-22-13-12-21-33(35)40(46(43,44)32-19-10-7-11-20-32)27-36(41)39(26-31-18-14-15-29(4)23-31)34(37(42)38-25-28(2)3)24-30-16-8-6-9-17-30/h6-23,28,34H,5,24-27H2,1-4H3,(H,38,42)/t34-/m0/s1. The van der Waals surface area contributed by atoms with Gasteiger partial charge in [0.05, 0.1) is 17.2 Å². The number of carbonyl (C=O) groups is 2. The van der Waals surface area contributed by atoms with E-state index in [1.165, 1.54) is 17.0 Å². The first-order valence-corrected chi connectivity index (χ1v) is 17.0. The van der Waals surface area contributed by atoms with Gasteiger partial charge in [-0.05, 0) is 55.2 Å². The van der Waals surface area contributed by atoms with Gasteiger partial charge in [0.1, 0.15) is 18.3 Å². The highest BCUT2D eigenvalue weighted by Gasteiger charge is 2.35. The molecular formula is C37H43N3O5S. The van der Waals surface area contributed by atoms with Crippen molar-refractivity contribution in [3.63, 3.8) is 0 Å². The van der Waals surface area contributed by atoms with Crippen molar-refractivity contribution in [2.24, 2.45) is 5.92 Å². The maximum absolute atomic E-state index is 14.6. The van der Waals surface area contributed by atoms with E-state index in [4.69, 9.17) is 4.74 Å². The summed E-state index contributed by atoms with van der Waals surface area (Å²) in [5, 5.41) is 3.02. The summed E-state index contributed by atoms with van der Waals surface area (Å²) in [6.07, 6.45) is 0.253. The van der Waals surface area contributed by atoms with Crippen LogP contribution in [0.2, 0.25) is 0 Å². The highest BCUT2D eigenvalue weighted by atomic mass is 32.2. The van der Waals surface area contributed by atoms with Crippen LogP contribution in [0.4, 0.5) is 5.69 Å². The SMILES string of the molecule is CCOc1ccccc1N(CC(=O)N(Cc1cccc(C)c1)[C@@H](Cc1ccccc1)C(=O)NCC(C)C)S(=O)(=O)c1ccccc1. The fraction of sp³-hybridized carbons (Fsp3) is 0.297. The molecule has 0 aromatic heterocycles. The number of benzene rings is 4. The van der Waals surface area contributed by atoms with E-state index in [0.717, 1.165) is 21.0 Å². The summed E-state index contributed by atoms with van der Waals surface area (Å²) in [6, 6.07) is 31.1. The lowest BCUT2D eigenvalue weighted by Crippen LogP contribution is -2.53. The van der Waals surface area contributed by atoms with E-state index in [-0.39, 0.29) is 35.4 Å². The predicted octanol–water partition coefficient (Wildman–Crippen LogP) is 6.00. The first-order chi connectivity index (χ1) is 22.1. The molecule has 0 heterocycles. The molecule has 0 aliphatic rings. The van der Waals surface area contributed by atoms with Crippen molar-refractivity contribution >= 4 is 27.5 Å². The molecule has 4 aromatic carbocycles. The van der Waals surface area contributed by atoms with E-state index in [2.05, 4.69) is 5.32 Å². The zero-order valence-electron chi connectivity index (χ0n) is 26.9. The molecule has 0 spiro atoms. The van der Waals surface area contributed by atoms with Gasteiger partial charge in [-0.2, -0.15) is 0 Å². The van der Waals surface area contributed by atoms with Crippen molar-refractivity contribution in [1.82, 2.24) is 10.2 Å². The summed E-state index contributed by atoms with van der Waals surface area (Å²) in [7, 11) is -4.22. The minimum atomic E-state index is -4.22. The zero-order valence-corrected chi connectivity index (χ0v) is 27.7. The second-order valence-corrected chi connectivity index (χ2v) is 13.4. The topological polar surface area (TPSA) is 96.0 Å². The van der Waals surface area contributed by atoms with Gasteiger partial charge in [-0.15, -0.1) is 0 Å². The number of carbonyl (C=O) groups excluding carboxylic acids is 2. The molecule has 0 fully saturated rings. The van der Waals surface area contributed by atoms with Gasteiger partial charge in [0, 0.05) is 19.5 Å². The Labute approximate surface area is 273 Å². The molecule has 9 heteroatoms. The number of nitrogens with zero attached hydrogens (tertiary/aromatic N) is 2. The molecular weight excluding hydrogens is 598 g/mol. The van der Waals surface area contributed by atoms with Crippen LogP contribution in [0.25, 0.3) is 0 Å². The summed E-state index contributed by atoms with van der Waals surface area (Å²) in [5.74, 6) is -0.291. The van der Waals surface area contributed by atoms with E-state index >= 15 is 0 Å². The molecule has 0 aliphatic heterocycles. The number of rotatable bonds is 15. The van der Waals surface area contributed by atoms with Crippen LogP contribution in [0, 0.1) is 12.8 Å². The third-order valence-electron chi connectivity index (χ3n) is 7.43. The van der Waals surface area contributed by atoms with Crippen LogP contribution in [0.5, 0.6) is 5.75 Å². The number of sulfonamides is 1. The van der Waals surface area contributed by atoms with Crippen molar-refractivity contribution in [1.29, 1.82) is 0 Å². The second-order valence-electron chi connectivity index (χ2n) is 11.6. The fourth-order valence-electron chi connectivity index (χ4n) is 5.16. The third kappa shape index (κ3) is 8.97. The summed E-state index contributed by atoms with van der Waals surface area (Å²) in [4.78, 5) is 30.1. The molecule has 0 aliphatic carbocycles. The number of hydrogen-bond acceptors (Lipinski definition) is 5. The van der Waals surface area contributed by atoms with Crippen LogP contribution in [-0.4, -0.2) is 50.9 Å². The number of para-hydroxylation sites is 2. The van der Waals surface area contributed by atoms with Crippen LogP contribution in [0.1, 0.15) is 37.5 Å². The van der Waals surface area contributed by atoms with Gasteiger partial charge in [0.25, 0.3) is 10.0 Å². The van der Waals surface area contributed by atoms with Crippen LogP contribution in [-0.2, 0) is 32.6 Å². The van der Waals surface area contributed by atoms with Crippen LogP contribution in [0.3, 0.4) is 0 Å². The Bertz CT molecular complexity index is 1690. The van der Waals surface area contributed by atoms with E-state index in [9.17, 15) is 18.0 Å². The maximum Gasteiger partial charge on any atom is 0.264 e. The number of nitrogens with one attached hydrogen (secondary N) is 1. The van der Waals surface area contributed by atoms with E-state index < -0.39 is 28.5 Å². The first kappa shape index (κ1) is 34.2. The molecule has 8 nitrogen and oxygen atoms in total. The minimum Gasteiger partial charge on any atom is -0.492 e. The van der Waals surface area contributed by atoms with Crippen molar-refractivity contribution in [3.8, 4) is 5.75 Å². The number of anilines is 1. The number of amides is 2. The zero-order chi connectivity index (χ0) is 33.1. The number of ether oxygens (including phenoxy) is 1. The van der Waals surface area contributed by atoms with Gasteiger partial charge in [-0.25, -0.2) is 8.42 Å². The third-order valence-corrected chi connectivity index (χ3v) is 9.21. The molecule has 4 rings (SSSR count). The smallest absolute Gasteiger partial charge is 0.264 e. The van der Waals surface area contributed by atoms with Crippen molar-refractivity contribution < 1.29 is 22.7 Å². The Morgan fingerprint density at radius 1 is 0.826 bits per heavy atom. The number of hydrogen-bond donors (Lipinski definition) is 1. The van der Waals surface area contributed by atoms with Crippen LogP contribution >= 0.6 is 0 Å². The molecule has 4 aromatic rings. The molecule has 0 saturated heterocycles. The molecule has 46 heavy (non-hydrogen) atoms. The molecule has 0 saturated carbocycles. The average molecular weight is 642 g/mol. The Morgan fingerprint density at radius 2 is 1.46 bits per heavy atom. The lowest BCUT2D eigenvalue weighted by Gasteiger charge is -2.34. The summed E-state index contributed by atoms with van der Waals surface area (Å²) in [6.45, 7) is 8.09. The lowest BCUT2D eigenvalue weighted by molar-refractivity contribution is -0.140. The molecule has 2 amide bonds. The van der Waals surface area contributed by atoms with Gasteiger partial charge in [-0.1, -0.05) is 104 Å². The molecule has 1 atom stereocenters. The van der Waals surface area contributed by atoms with Crippen molar-refractivity contribution in [2.45, 2.75) is 51.6 Å². The molecule has 0 unspecified atom stereocenters. The summed E-state index contributed by atoms with van der Waals surface area (Å²) < 4.78 is 35.4. The molecule has 1 N–H and O–H groups in total. The van der Waals surface area contributed by atoms with Crippen molar-refractivity contribution in [2.75, 3.05) is 24.0 Å². The quantitative estimate of drug-likeness (QED) is 0.172. The Kier molecular flexibility index (Phi) is 12.0. The van der Waals surface area contributed by atoms with Crippen molar-refractivity contribution in [3.05, 3.63) is 126 Å². The molecule has 242 valence electrons. The second kappa shape index (κ2) is 16.1. The Balaban J connectivity index is 1.83. The first-order valence-electron chi connectivity index (χ1n) is 15.6. The largest absolute Gasteiger partial charge is 0.492 e. The highest BCUT2D eigenvalue weighted by Crippen LogP contribution is 2.33. The van der Waals surface area contributed by atoms with E-state index in [1.54, 1.807) is 42.5 Å². The minimum absolute atomic E-state index is 0.0369. The van der Waals surface area contributed by atoms with Gasteiger partial charge in [0.2, 0.25) is 11.8 Å². The highest BCUT2D eigenvalue weighted by molar-refractivity contribution is 7.92.